The number of ether oxygens (including phenoxy) is 6. The van der Waals surface area contributed by atoms with Crippen LogP contribution in [0.25, 0.3) is 0 Å². The predicted octanol–water partition coefficient (Wildman–Crippen LogP) is 8.33. The molecule has 1 aliphatic heterocycles. The lowest BCUT2D eigenvalue weighted by Crippen LogP contribution is -2.47. The maximum atomic E-state index is 14.6. The van der Waals surface area contributed by atoms with Gasteiger partial charge in [0, 0.05) is 38.8 Å². The van der Waals surface area contributed by atoms with Crippen molar-refractivity contribution in [2.24, 2.45) is 23.2 Å². The number of carbonyl (C=O) groups excluding carboxylic acids is 3. The van der Waals surface area contributed by atoms with Crippen molar-refractivity contribution in [1.29, 1.82) is 0 Å². The number of amides is 1. The van der Waals surface area contributed by atoms with Gasteiger partial charge in [0.2, 0.25) is 12.7 Å². The zero-order chi connectivity index (χ0) is 42.1. The van der Waals surface area contributed by atoms with Gasteiger partial charge in [0.05, 0.1) is 33.9 Å². The van der Waals surface area contributed by atoms with Gasteiger partial charge in [0.15, 0.2) is 5.75 Å². The summed E-state index contributed by atoms with van der Waals surface area (Å²) in [4.78, 5) is 41.3. The standard InChI is InChI=1S/C46H58Cl2N2O9/c1-29-19-40(47)42(41(48)20-29)56-18-17-55-35-12-8-32(9-13-35)37-14-15-49-25-39(37)43(51)50(34-10-11-34)26-31-21-30(7-6-16-54-5)22-36(23-31)57-27-33-24-38(33)44(52)58-28-59-45(53)46(2,3)4/h8-9,12-13,19-23,33-34,37-39,49H,6-7,10-11,14-18,24-28H2,1-5H3/t33-,37-,38+,39+/m1/s1. The highest BCUT2D eigenvalue weighted by molar-refractivity contribution is 6.37. The second kappa shape index (κ2) is 20.5. The highest BCUT2D eigenvalue weighted by Gasteiger charge is 2.45. The Bertz CT molecular complexity index is 1890. The van der Waals surface area contributed by atoms with Gasteiger partial charge < -0.3 is 38.6 Å². The predicted molar refractivity (Wildman–Crippen MR) is 226 cm³/mol. The first-order valence-corrected chi connectivity index (χ1v) is 21.5. The van der Waals surface area contributed by atoms with Crippen LogP contribution < -0.4 is 19.5 Å². The number of nitrogens with zero attached hydrogens (tertiary/aromatic N) is 1. The summed E-state index contributed by atoms with van der Waals surface area (Å²) in [6, 6.07) is 18.1. The molecule has 4 atom stereocenters. The molecule has 13 heteroatoms. The Kier molecular flexibility index (Phi) is 15.5. The van der Waals surface area contributed by atoms with Crippen molar-refractivity contribution in [3.05, 3.63) is 86.9 Å². The molecule has 0 unspecified atom stereocenters. The molecule has 0 bridgehead atoms. The third-order valence-corrected chi connectivity index (χ3v) is 11.6. The topological polar surface area (TPSA) is 122 Å². The number of carbonyl (C=O) groups is 3. The minimum absolute atomic E-state index is 0.0136. The monoisotopic (exact) mass is 852 g/mol. The lowest BCUT2D eigenvalue weighted by Gasteiger charge is -2.36. The highest BCUT2D eigenvalue weighted by Crippen LogP contribution is 2.41. The van der Waals surface area contributed by atoms with Crippen molar-refractivity contribution in [2.75, 3.05) is 53.4 Å². The van der Waals surface area contributed by atoms with Crippen LogP contribution in [0.3, 0.4) is 0 Å². The van der Waals surface area contributed by atoms with Gasteiger partial charge in [-0.2, -0.15) is 0 Å². The molecule has 6 rings (SSSR count). The normalized spacial score (nSPS) is 20.1. The number of halogens is 2. The molecule has 2 aliphatic carbocycles. The number of nitrogens with one attached hydrogen (secondary N) is 1. The number of esters is 2. The Balaban J connectivity index is 1.06. The van der Waals surface area contributed by atoms with Gasteiger partial charge in [-0.25, -0.2) is 0 Å². The summed E-state index contributed by atoms with van der Waals surface area (Å²) in [6.07, 6.45) is 5.13. The number of benzene rings is 3. The molecule has 3 aromatic carbocycles. The van der Waals surface area contributed by atoms with Crippen LogP contribution in [-0.4, -0.2) is 82.2 Å². The maximum Gasteiger partial charge on any atom is 0.314 e. The largest absolute Gasteiger partial charge is 0.493 e. The second-order valence-electron chi connectivity index (χ2n) is 17.0. The lowest BCUT2D eigenvalue weighted by atomic mass is 9.80. The molecule has 2 saturated carbocycles. The SMILES string of the molecule is COCCCc1cc(CN(C(=O)[C@H]2CNCC[C@@H]2c2ccc(OCCOc3c(Cl)cc(C)cc3Cl)cc2)C2CC2)cc(OC[C@H]2C[C@@H]2C(=O)OCOC(=O)C(C)(C)C)c1. The van der Waals surface area contributed by atoms with Gasteiger partial charge in [-0.05, 0) is 137 Å². The van der Waals surface area contributed by atoms with Gasteiger partial charge in [0.1, 0.15) is 24.7 Å². The Morgan fingerprint density at radius 1 is 0.831 bits per heavy atom. The molecule has 1 heterocycles. The van der Waals surface area contributed by atoms with Crippen LogP contribution >= 0.6 is 23.2 Å². The van der Waals surface area contributed by atoms with Crippen LogP contribution in [-0.2, 0) is 41.6 Å². The Hall–Kier alpha value is -4.03. The Morgan fingerprint density at radius 3 is 2.24 bits per heavy atom. The summed E-state index contributed by atoms with van der Waals surface area (Å²) >= 11 is 12.6. The molecule has 0 spiro atoms. The Labute approximate surface area is 358 Å². The fourth-order valence-electron chi connectivity index (χ4n) is 7.50. The van der Waals surface area contributed by atoms with E-state index < -0.39 is 11.4 Å². The molecule has 3 fully saturated rings. The van der Waals surface area contributed by atoms with E-state index in [0.29, 0.717) is 66.6 Å². The van der Waals surface area contributed by atoms with Gasteiger partial charge >= 0.3 is 11.9 Å². The average Bonchev–Trinajstić information content (AvgIpc) is 4.14. The van der Waals surface area contributed by atoms with Crippen molar-refractivity contribution in [2.45, 2.75) is 84.7 Å². The minimum Gasteiger partial charge on any atom is -0.493 e. The van der Waals surface area contributed by atoms with Gasteiger partial charge in [0.25, 0.3) is 0 Å². The number of hydrogen-bond acceptors (Lipinski definition) is 10. The summed E-state index contributed by atoms with van der Waals surface area (Å²) in [5, 5.41) is 4.42. The third-order valence-electron chi connectivity index (χ3n) is 11.0. The first-order chi connectivity index (χ1) is 28.3. The molecule has 0 aromatic heterocycles. The van der Waals surface area contributed by atoms with E-state index in [4.69, 9.17) is 51.6 Å². The third kappa shape index (κ3) is 12.7. The van der Waals surface area contributed by atoms with Crippen LogP contribution in [0.4, 0.5) is 0 Å². The molecule has 1 N–H and O–H groups in total. The molecule has 1 amide bonds. The smallest absolute Gasteiger partial charge is 0.314 e. The van der Waals surface area contributed by atoms with E-state index in [0.717, 1.165) is 60.9 Å². The van der Waals surface area contributed by atoms with Crippen molar-refractivity contribution in [3.63, 3.8) is 0 Å². The number of rotatable bonds is 20. The van der Waals surface area contributed by atoms with Gasteiger partial charge in [-0.3, -0.25) is 14.4 Å². The Morgan fingerprint density at radius 2 is 1.54 bits per heavy atom. The quantitative estimate of drug-likeness (QED) is 0.0675. The molecular formula is C46H58Cl2N2O9. The fourth-order valence-corrected chi connectivity index (χ4v) is 8.20. The number of piperidine rings is 1. The zero-order valence-corrected chi connectivity index (χ0v) is 36.4. The molecule has 0 radical (unpaired) electrons. The summed E-state index contributed by atoms with van der Waals surface area (Å²) in [6.45, 7) is 10.3. The van der Waals surface area contributed by atoms with E-state index in [2.05, 4.69) is 28.4 Å². The van der Waals surface area contributed by atoms with E-state index in [1.807, 2.05) is 43.3 Å². The molecule has 11 nitrogen and oxygen atoms in total. The summed E-state index contributed by atoms with van der Waals surface area (Å²) in [5.74, 6) is 0.811. The molecule has 3 aliphatic rings. The molecular weight excluding hydrogens is 795 g/mol. The van der Waals surface area contributed by atoms with Crippen molar-refractivity contribution >= 4 is 41.0 Å². The fraction of sp³-hybridized carbons (Fsp3) is 0.543. The first-order valence-electron chi connectivity index (χ1n) is 20.7. The number of hydrogen-bond donors (Lipinski definition) is 1. The summed E-state index contributed by atoms with van der Waals surface area (Å²) in [7, 11) is 1.70. The minimum atomic E-state index is -0.672. The molecule has 3 aromatic rings. The number of aryl methyl sites for hydroxylation is 2. The van der Waals surface area contributed by atoms with Crippen LogP contribution in [0, 0.1) is 30.1 Å². The van der Waals surface area contributed by atoms with Crippen molar-refractivity contribution in [3.8, 4) is 17.2 Å². The molecule has 320 valence electrons. The number of methoxy groups -OCH3 is 1. The zero-order valence-electron chi connectivity index (χ0n) is 34.9. The second-order valence-corrected chi connectivity index (χ2v) is 17.8. The van der Waals surface area contributed by atoms with E-state index in [1.54, 1.807) is 27.9 Å². The highest BCUT2D eigenvalue weighted by atomic mass is 35.5. The van der Waals surface area contributed by atoms with E-state index >= 15 is 0 Å². The first kappa shape index (κ1) is 44.5. The van der Waals surface area contributed by atoms with Crippen molar-refractivity contribution < 1.29 is 42.8 Å². The van der Waals surface area contributed by atoms with E-state index in [9.17, 15) is 14.4 Å². The average molecular weight is 854 g/mol. The lowest BCUT2D eigenvalue weighted by molar-refractivity contribution is -0.174. The van der Waals surface area contributed by atoms with E-state index in [1.165, 1.54) is 0 Å². The molecule has 59 heavy (non-hydrogen) atoms. The molecule has 1 saturated heterocycles. The van der Waals surface area contributed by atoms with Gasteiger partial charge in [-0.1, -0.05) is 41.4 Å². The summed E-state index contributed by atoms with van der Waals surface area (Å²) in [5.41, 5.74) is 3.53. The van der Waals surface area contributed by atoms with Crippen LogP contribution in [0.2, 0.25) is 10.0 Å². The van der Waals surface area contributed by atoms with E-state index in [-0.39, 0.29) is 55.0 Å². The van der Waals surface area contributed by atoms with Crippen LogP contribution in [0.5, 0.6) is 17.2 Å². The maximum absolute atomic E-state index is 14.6. The van der Waals surface area contributed by atoms with Crippen molar-refractivity contribution in [1.82, 2.24) is 10.2 Å². The van der Waals surface area contributed by atoms with Crippen LogP contribution in [0.15, 0.2) is 54.6 Å². The van der Waals surface area contributed by atoms with Gasteiger partial charge in [-0.15, -0.1) is 0 Å². The van der Waals surface area contributed by atoms with Crippen LogP contribution in [0.1, 0.15) is 81.0 Å². The summed E-state index contributed by atoms with van der Waals surface area (Å²) < 4.78 is 33.7.